The maximum Gasteiger partial charge on any atom is 0.262 e. The summed E-state index contributed by atoms with van der Waals surface area (Å²) in [6.45, 7) is 2.34. The van der Waals surface area contributed by atoms with Crippen LogP contribution in [0, 0.1) is 5.82 Å². The second-order valence-corrected chi connectivity index (χ2v) is 7.09. The fraction of sp³-hybridized carbons (Fsp3) is 0.462. The number of quaternary nitrogens is 1. The molecule has 1 aromatic rings. The van der Waals surface area contributed by atoms with Gasteiger partial charge in [-0.05, 0) is 24.3 Å². The van der Waals surface area contributed by atoms with Gasteiger partial charge in [0.1, 0.15) is 18.9 Å². The SMILES string of the molecule is O=C(N[C@@H]([NH+]1CCOCC1)C(Cl)(Cl)Cl)c1ccc(F)cc1. The van der Waals surface area contributed by atoms with Crippen molar-refractivity contribution >= 4 is 40.7 Å². The van der Waals surface area contributed by atoms with E-state index in [9.17, 15) is 9.18 Å². The Bertz CT molecular complexity index is 487. The molecule has 0 bridgehead atoms. The number of hydrogen-bond donors (Lipinski definition) is 2. The zero-order valence-electron chi connectivity index (χ0n) is 11.0. The highest BCUT2D eigenvalue weighted by molar-refractivity contribution is 6.68. The fourth-order valence-electron chi connectivity index (χ4n) is 2.15. The number of carbonyl (C=O) groups is 1. The van der Waals surface area contributed by atoms with Gasteiger partial charge in [0.25, 0.3) is 9.70 Å². The van der Waals surface area contributed by atoms with E-state index in [1.165, 1.54) is 24.3 Å². The zero-order chi connectivity index (χ0) is 15.5. The summed E-state index contributed by atoms with van der Waals surface area (Å²) in [6, 6.07) is 5.19. The molecule has 1 heterocycles. The van der Waals surface area contributed by atoms with Crippen molar-refractivity contribution in [2.45, 2.75) is 9.96 Å². The molecule has 1 fully saturated rings. The van der Waals surface area contributed by atoms with E-state index < -0.39 is 21.7 Å². The molecular formula is C13H15Cl3FN2O2+. The third kappa shape index (κ3) is 4.69. The van der Waals surface area contributed by atoms with Crippen molar-refractivity contribution in [3.05, 3.63) is 35.6 Å². The predicted molar refractivity (Wildman–Crippen MR) is 79.5 cm³/mol. The molecule has 1 aliphatic rings. The average molecular weight is 357 g/mol. The van der Waals surface area contributed by atoms with Crippen LogP contribution < -0.4 is 10.2 Å². The molecule has 116 valence electrons. The van der Waals surface area contributed by atoms with Gasteiger partial charge >= 0.3 is 0 Å². The van der Waals surface area contributed by atoms with Crippen molar-refractivity contribution in [1.29, 1.82) is 0 Å². The van der Waals surface area contributed by atoms with Crippen LogP contribution in [0.5, 0.6) is 0 Å². The third-order valence-electron chi connectivity index (χ3n) is 3.25. The van der Waals surface area contributed by atoms with Crippen LogP contribution in [0.3, 0.4) is 0 Å². The van der Waals surface area contributed by atoms with E-state index in [4.69, 9.17) is 39.5 Å². The van der Waals surface area contributed by atoms with Crippen LogP contribution >= 0.6 is 34.8 Å². The molecule has 0 aromatic heterocycles. The normalized spacial score (nSPS) is 18.3. The molecule has 0 saturated carbocycles. The number of rotatable bonds is 3. The summed E-state index contributed by atoms with van der Waals surface area (Å²) < 4.78 is 16.5. The Hall–Kier alpha value is -0.590. The second-order valence-electron chi connectivity index (χ2n) is 4.73. The summed E-state index contributed by atoms with van der Waals surface area (Å²) in [6.07, 6.45) is -0.705. The van der Waals surface area contributed by atoms with Crippen LogP contribution in [0.4, 0.5) is 4.39 Å². The number of alkyl halides is 3. The van der Waals surface area contributed by atoms with Crippen molar-refractivity contribution < 1.29 is 18.8 Å². The first kappa shape index (κ1) is 16.8. The first-order chi connectivity index (χ1) is 9.88. The van der Waals surface area contributed by atoms with E-state index >= 15 is 0 Å². The number of nitrogens with one attached hydrogen (secondary N) is 2. The van der Waals surface area contributed by atoms with Crippen LogP contribution in [0.25, 0.3) is 0 Å². The quantitative estimate of drug-likeness (QED) is 0.799. The molecule has 1 aliphatic heterocycles. The van der Waals surface area contributed by atoms with Gasteiger partial charge in [-0.2, -0.15) is 0 Å². The molecule has 8 heteroatoms. The van der Waals surface area contributed by atoms with E-state index in [2.05, 4.69) is 5.32 Å². The Labute approximate surface area is 137 Å². The van der Waals surface area contributed by atoms with E-state index in [1.807, 2.05) is 0 Å². The number of halogens is 4. The van der Waals surface area contributed by atoms with Crippen molar-refractivity contribution in [2.75, 3.05) is 26.3 Å². The van der Waals surface area contributed by atoms with Crippen molar-refractivity contribution in [3.8, 4) is 0 Å². The Morgan fingerprint density at radius 1 is 1.24 bits per heavy atom. The second kappa shape index (κ2) is 7.11. The van der Waals surface area contributed by atoms with Crippen molar-refractivity contribution in [1.82, 2.24) is 5.32 Å². The number of ether oxygens (including phenoxy) is 1. The molecule has 0 aliphatic carbocycles. The van der Waals surface area contributed by atoms with Gasteiger partial charge in [0, 0.05) is 5.56 Å². The molecule has 2 N–H and O–H groups in total. The maximum atomic E-state index is 12.9. The minimum absolute atomic E-state index is 0.309. The van der Waals surface area contributed by atoms with E-state index in [0.717, 1.165) is 4.90 Å². The number of carbonyl (C=O) groups excluding carboxylic acids is 1. The fourth-order valence-corrected chi connectivity index (χ4v) is 2.78. The first-order valence-corrected chi connectivity index (χ1v) is 7.57. The summed E-state index contributed by atoms with van der Waals surface area (Å²) in [5.74, 6) is -0.825. The molecule has 1 amide bonds. The van der Waals surface area contributed by atoms with E-state index in [0.29, 0.717) is 31.9 Å². The first-order valence-electron chi connectivity index (χ1n) is 6.43. The molecular weight excluding hydrogens is 342 g/mol. The molecule has 2 rings (SSSR count). The van der Waals surface area contributed by atoms with Crippen LogP contribution in [0.2, 0.25) is 0 Å². The summed E-state index contributed by atoms with van der Waals surface area (Å²) in [5.41, 5.74) is 0.309. The van der Waals surface area contributed by atoms with Crippen LogP contribution in [0.15, 0.2) is 24.3 Å². The Morgan fingerprint density at radius 3 is 2.33 bits per heavy atom. The van der Waals surface area contributed by atoms with Crippen LogP contribution in [-0.4, -0.2) is 42.2 Å². The molecule has 0 radical (unpaired) electrons. The van der Waals surface area contributed by atoms with Gasteiger partial charge in [0.15, 0.2) is 0 Å². The van der Waals surface area contributed by atoms with Gasteiger partial charge in [0.2, 0.25) is 6.17 Å². The lowest BCUT2D eigenvalue weighted by molar-refractivity contribution is -0.934. The van der Waals surface area contributed by atoms with Gasteiger partial charge in [-0.3, -0.25) is 10.1 Å². The summed E-state index contributed by atoms with van der Waals surface area (Å²) >= 11 is 18.0. The minimum atomic E-state index is -1.65. The van der Waals surface area contributed by atoms with Gasteiger partial charge in [-0.15, -0.1) is 0 Å². The Balaban J connectivity index is 2.10. The third-order valence-corrected chi connectivity index (χ3v) is 3.91. The maximum absolute atomic E-state index is 12.9. The molecule has 0 unspecified atom stereocenters. The van der Waals surface area contributed by atoms with Crippen LogP contribution in [-0.2, 0) is 4.74 Å². The van der Waals surface area contributed by atoms with Crippen molar-refractivity contribution in [3.63, 3.8) is 0 Å². The average Bonchev–Trinajstić information content (AvgIpc) is 2.45. The highest BCUT2D eigenvalue weighted by Gasteiger charge is 2.42. The number of morpholine rings is 1. The predicted octanol–water partition coefficient (Wildman–Crippen LogP) is 1.17. The zero-order valence-corrected chi connectivity index (χ0v) is 13.3. The van der Waals surface area contributed by atoms with Gasteiger partial charge in [-0.25, -0.2) is 4.39 Å². The molecule has 1 atom stereocenters. The molecule has 1 aromatic carbocycles. The topological polar surface area (TPSA) is 42.8 Å². The summed E-state index contributed by atoms with van der Waals surface area (Å²) in [4.78, 5) is 13.1. The lowest BCUT2D eigenvalue weighted by Crippen LogP contribution is -3.21. The van der Waals surface area contributed by atoms with E-state index in [1.54, 1.807) is 0 Å². The minimum Gasteiger partial charge on any atom is -0.370 e. The standard InChI is InChI=1S/C13H14Cl3FN2O2/c14-13(15,16)12(19-5-7-21-8-6-19)18-11(20)9-1-3-10(17)4-2-9/h1-4,12H,5-8H2,(H,18,20)/p+1/t12-/m0/s1. The lowest BCUT2D eigenvalue weighted by Gasteiger charge is -2.35. The Kier molecular flexibility index (Phi) is 5.68. The monoisotopic (exact) mass is 355 g/mol. The number of amides is 1. The number of hydrogen-bond acceptors (Lipinski definition) is 2. The Morgan fingerprint density at radius 2 is 1.81 bits per heavy atom. The largest absolute Gasteiger partial charge is 0.370 e. The van der Waals surface area contributed by atoms with Crippen LogP contribution in [0.1, 0.15) is 10.4 Å². The molecule has 0 spiro atoms. The summed E-state index contributed by atoms with van der Waals surface area (Å²) in [7, 11) is 0. The smallest absolute Gasteiger partial charge is 0.262 e. The van der Waals surface area contributed by atoms with Gasteiger partial charge < -0.3 is 9.64 Å². The van der Waals surface area contributed by atoms with Gasteiger partial charge in [0.05, 0.1) is 13.2 Å². The highest BCUT2D eigenvalue weighted by Crippen LogP contribution is 2.28. The molecule has 1 saturated heterocycles. The number of benzene rings is 1. The molecule has 4 nitrogen and oxygen atoms in total. The molecule has 21 heavy (non-hydrogen) atoms. The van der Waals surface area contributed by atoms with E-state index in [-0.39, 0.29) is 0 Å². The van der Waals surface area contributed by atoms with Crippen molar-refractivity contribution in [2.24, 2.45) is 0 Å². The summed E-state index contributed by atoms with van der Waals surface area (Å²) in [5, 5.41) is 2.71. The highest BCUT2D eigenvalue weighted by atomic mass is 35.6. The lowest BCUT2D eigenvalue weighted by atomic mass is 10.2. The van der Waals surface area contributed by atoms with Gasteiger partial charge in [-0.1, -0.05) is 34.8 Å².